The molecule has 2 aliphatic rings. The van der Waals surface area contributed by atoms with Gasteiger partial charge < -0.3 is 14.8 Å². The monoisotopic (exact) mass is 415 g/mol. The maximum absolute atomic E-state index is 4.57. The lowest BCUT2D eigenvalue weighted by atomic mass is 9.93. The molecule has 0 amide bonds. The van der Waals surface area contributed by atoms with Crippen LogP contribution in [0.4, 0.5) is 0 Å². The van der Waals surface area contributed by atoms with Crippen LogP contribution >= 0.6 is 15.9 Å². The van der Waals surface area contributed by atoms with E-state index in [9.17, 15) is 0 Å². The second-order valence-electron chi connectivity index (χ2n) is 7.48. The van der Waals surface area contributed by atoms with Crippen molar-refractivity contribution in [3.05, 3.63) is 53.0 Å². The summed E-state index contributed by atoms with van der Waals surface area (Å²) in [5.74, 6) is 2.27. The van der Waals surface area contributed by atoms with Gasteiger partial charge in [-0.1, -0.05) is 35.0 Å². The highest BCUT2D eigenvalue weighted by atomic mass is 79.9. The number of guanidine groups is 1. The average Bonchev–Trinajstić information content (AvgIpc) is 3.20. The summed E-state index contributed by atoms with van der Waals surface area (Å²) in [6, 6.07) is 9.63. The second kappa shape index (κ2) is 7.43. The zero-order chi connectivity index (χ0) is 18.1. The van der Waals surface area contributed by atoms with Crippen molar-refractivity contribution in [2.75, 3.05) is 20.1 Å². The summed E-state index contributed by atoms with van der Waals surface area (Å²) in [4.78, 5) is 11.2. The number of nitrogens with one attached hydrogen (secondary N) is 1. The molecule has 1 N–H and O–H groups in total. The van der Waals surface area contributed by atoms with Gasteiger partial charge in [0.2, 0.25) is 0 Å². The third kappa shape index (κ3) is 3.65. The van der Waals surface area contributed by atoms with Gasteiger partial charge in [-0.3, -0.25) is 4.99 Å². The fraction of sp³-hybridized carbons (Fsp3) is 0.500. The Kier molecular flexibility index (Phi) is 5.02. The van der Waals surface area contributed by atoms with E-state index in [1.165, 1.54) is 18.4 Å². The maximum Gasteiger partial charge on any atom is 0.193 e. The molecule has 1 saturated heterocycles. The Morgan fingerprint density at radius 3 is 2.81 bits per heavy atom. The Morgan fingerprint density at radius 1 is 1.31 bits per heavy atom. The van der Waals surface area contributed by atoms with Crippen LogP contribution in [-0.4, -0.2) is 46.6 Å². The third-order valence-corrected chi connectivity index (χ3v) is 6.27. The number of hydrogen-bond donors (Lipinski definition) is 1. The first-order chi connectivity index (χ1) is 12.7. The van der Waals surface area contributed by atoms with Crippen molar-refractivity contribution in [2.45, 2.75) is 37.8 Å². The number of nitrogens with zero attached hydrogens (tertiary/aromatic N) is 4. The molecule has 1 aromatic heterocycles. The van der Waals surface area contributed by atoms with Crippen molar-refractivity contribution in [3.63, 3.8) is 0 Å². The molecule has 1 aliphatic carbocycles. The molecular formula is C20H26BrN5. The van der Waals surface area contributed by atoms with Crippen LogP contribution in [0.5, 0.6) is 0 Å². The van der Waals surface area contributed by atoms with Crippen LogP contribution < -0.4 is 5.32 Å². The van der Waals surface area contributed by atoms with Crippen molar-refractivity contribution in [2.24, 2.45) is 10.9 Å². The Bertz CT molecular complexity index is 755. The normalized spacial score (nSPS) is 28.9. The van der Waals surface area contributed by atoms with Crippen LogP contribution in [0, 0.1) is 5.92 Å². The number of aliphatic imine (C=N–C) groups is 1. The van der Waals surface area contributed by atoms with Crippen molar-refractivity contribution in [1.29, 1.82) is 0 Å². The summed E-state index contributed by atoms with van der Waals surface area (Å²) in [5, 5.41) is 3.69. The van der Waals surface area contributed by atoms with Crippen LogP contribution in [0.2, 0.25) is 0 Å². The Balaban J connectivity index is 1.39. The summed E-state index contributed by atoms with van der Waals surface area (Å²) >= 11 is 3.51. The van der Waals surface area contributed by atoms with Gasteiger partial charge in [-0.15, -0.1) is 0 Å². The van der Waals surface area contributed by atoms with E-state index in [0.717, 1.165) is 23.5 Å². The largest absolute Gasteiger partial charge is 0.353 e. The minimum Gasteiger partial charge on any atom is -0.353 e. The van der Waals surface area contributed by atoms with E-state index in [4.69, 9.17) is 0 Å². The van der Waals surface area contributed by atoms with E-state index in [1.54, 1.807) is 0 Å². The fourth-order valence-electron chi connectivity index (χ4n) is 3.99. The number of imidazole rings is 1. The topological polar surface area (TPSA) is 45.5 Å². The molecule has 1 aliphatic heterocycles. The smallest absolute Gasteiger partial charge is 0.193 e. The average molecular weight is 416 g/mol. The van der Waals surface area contributed by atoms with E-state index in [-0.39, 0.29) is 0 Å². The predicted molar refractivity (Wildman–Crippen MR) is 108 cm³/mol. The van der Waals surface area contributed by atoms with E-state index < -0.39 is 0 Å². The van der Waals surface area contributed by atoms with Gasteiger partial charge in [0.15, 0.2) is 5.96 Å². The summed E-state index contributed by atoms with van der Waals surface area (Å²) in [5.41, 5.74) is 1.41. The predicted octanol–water partition coefficient (Wildman–Crippen LogP) is 3.66. The zero-order valence-corrected chi connectivity index (χ0v) is 16.9. The molecular weight excluding hydrogens is 390 g/mol. The molecule has 26 heavy (non-hydrogen) atoms. The summed E-state index contributed by atoms with van der Waals surface area (Å²) < 4.78 is 3.38. The molecule has 2 fully saturated rings. The number of benzene rings is 1. The lowest BCUT2D eigenvalue weighted by Gasteiger charge is -2.39. The number of likely N-dealkylation sites (tertiary alicyclic amines) is 1. The molecule has 4 atom stereocenters. The molecule has 4 unspecified atom stereocenters. The van der Waals surface area contributed by atoms with E-state index in [1.807, 2.05) is 19.6 Å². The summed E-state index contributed by atoms with van der Waals surface area (Å²) in [6.07, 6.45) is 8.22. The Labute approximate surface area is 163 Å². The van der Waals surface area contributed by atoms with Crippen LogP contribution in [0.3, 0.4) is 0 Å². The van der Waals surface area contributed by atoms with Gasteiger partial charge in [-0.05, 0) is 36.5 Å². The van der Waals surface area contributed by atoms with Gasteiger partial charge >= 0.3 is 0 Å². The van der Waals surface area contributed by atoms with E-state index >= 15 is 0 Å². The molecule has 0 radical (unpaired) electrons. The van der Waals surface area contributed by atoms with Crippen molar-refractivity contribution in [3.8, 4) is 0 Å². The van der Waals surface area contributed by atoms with E-state index in [2.05, 4.69) is 78.1 Å². The third-order valence-electron chi connectivity index (χ3n) is 5.74. The van der Waals surface area contributed by atoms with Crippen molar-refractivity contribution >= 4 is 21.9 Å². The first-order valence-electron chi connectivity index (χ1n) is 9.37. The number of hydrogen-bond acceptors (Lipinski definition) is 2. The van der Waals surface area contributed by atoms with Crippen LogP contribution in [0.15, 0.2) is 52.5 Å². The number of halogens is 1. The van der Waals surface area contributed by atoms with Gasteiger partial charge in [-0.2, -0.15) is 0 Å². The van der Waals surface area contributed by atoms with Gasteiger partial charge in [0.25, 0.3) is 0 Å². The maximum atomic E-state index is 4.57. The van der Waals surface area contributed by atoms with E-state index in [0.29, 0.717) is 23.9 Å². The van der Waals surface area contributed by atoms with Crippen LogP contribution in [-0.2, 0) is 0 Å². The molecule has 2 aromatic rings. The highest BCUT2D eigenvalue weighted by Crippen LogP contribution is 2.41. The van der Waals surface area contributed by atoms with Gasteiger partial charge in [0.1, 0.15) is 0 Å². The number of piperidine rings is 1. The van der Waals surface area contributed by atoms with Crippen molar-refractivity contribution < 1.29 is 0 Å². The molecule has 2 heterocycles. The molecule has 6 heteroatoms. The fourth-order valence-corrected chi connectivity index (χ4v) is 4.26. The minimum atomic E-state index is 0.450. The molecule has 1 aromatic carbocycles. The highest BCUT2D eigenvalue weighted by molar-refractivity contribution is 9.10. The molecule has 0 bridgehead atoms. The molecule has 0 spiro atoms. The molecule has 1 saturated carbocycles. The SMILES string of the molecule is CN=C(NC1CC1c1ccc(Br)cc1)N1CCC(C)C(n2ccnc2)C1. The first-order valence-corrected chi connectivity index (χ1v) is 10.2. The number of aromatic nitrogens is 2. The standard InChI is InChI=1S/C20H26BrN5/c1-14-7-9-25(12-19(14)26-10-8-23-13-26)20(22-2)24-18-11-17(18)15-3-5-16(21)6-4-15/h3-6,8,10,13-14,17-19H,7,9,11-12H2,1-2H3,(H,22,24). The van der Waals surface area contributed by atoms with Gasteiger partial charge in [-0.25, -0.2) is 4.98 Å². The Morgan fingerprint density at radius 2 is 2.12 bits per heavy atom. The Hall–Kier alpha value is -1.82. The lowest BCUT2D eigenvalue weighted by molar-refractivity contribution is 0.189. The quantitative estimate of drug-likeness (QED) is 0.614. The zero-order valence-electron chi connectivity index (χ0n) is 15.3. The lowest BCUT2D eigenvalue weighted by Crippen LogP contribution is -2.49. The van der Waals surface area contributed by atoms with Crippen LogP contribution in [0.1, 0.15) is 37.3 Å². The van der Waals surface area contributed by atoms with Gasteiger partial charge in [0, 0.05) is 49.0 Å². The first kappa shape index (κ1) is 17.6. The summed E-state index contributed by atoms with van der Waals surface area (Å²) in [7, 11) is 1.89. The van der Waals surface area contributed by atoms with Crippen LogP contribution in [0.25, 0.3) is 0 Å². The minimum absolute atomic E-state index is 0.450. The molecule has 4 rings (SSSR count). The summed E-state index contributed by atoms with van der Waals surface area (Å²) in [6.45, 7) is 4.37. The highest BCUT2D eigenvalue weighted by Gasteiger charge is 2.40. The van der Waals surface area contributed by atoms with Crippen molar-refractivity contribution in [1.82, 2.24) is 19.8 Å². The number of rotatable bonds is 3. The van der Waals surface area contributed by atoms with Gasteiger partial charge in [0.05, 0.1) is 12.4 Å². The molecule has 138 valence electrons. The second-order valence-corrected chi connectivity index (χ2v) is 8.40. The molecule has 5 nitrogen and oxygen atoms in total.